The molecule has 1 atom stereocenters. The minimum absolute atomic E-state index is 0.222. The maximum atomic E-state index is 12.3. The van der Waals surface area contributed by atoms with Crippen LogP contribution in [0.5, 0.6) is 5.75 Å². The molecule has 1 unspecified atom stereocenters. The first kappa shape index (κ1) is 16.0. The van der Waals surface area contributed by atoms with Gasteiger partial charge in [-0.05, 0) is 30.0 Å². The van der Waals surface area contributed by atoms with Crippen LogP contribution in [-0.4, -0.2) is 30.9 Å². The Morgan fingerprint density at radius 3 is 2.68 bits per heavy atom. The molecular formula is C16H20N2O4. The molecule has 1 aromatic carbocycles. The van der Waals surface area contributed by atoms with Gasteiger partial charge in [0, 0.05) is 6.42 Å². The van der Waals surface area contributed by atoms with Crippen molar-refractivity contribution >= 4 is 17.7 Å². The standard InChI is InChI=1S/C16H20N2O4/c1-9(2)10-4-5-11(13(8-10)22-3)15(20)17-12-6-7-14(19)18-16(12)21/h4-5,8-9,12H,6-7H2,1-3H3,(H,17,20)(H,18,19,21). The summed E-state index contributed by atoms with van der Waals surface area (Å²) in [5.74, 6) is -0.379. The average Bonchev–Trinajstić information content (AvgIpc) is 2.49. The number of imide groups is 1. The van der Waals surface area contributed by atoms with Crippen molar-refractivity contribution in [2.24, 2.45) is 0 Å². The molecule has 2 rings (SSSR count). The zero-order valence-electron chi connectivity index (χ0n) is 12.9. The van der Waals surface area contributed by atoms with Crippen molar-refractivity contribution in [2.75, 3.05) is 7.11 Å². The van der Waals surface area contributed by atoms with Crippen LogP contribution in [0, 0.1) is 0 Å². The summed E-state index contributed by atoms with van der Waals surface area (Å²) in [7, 11) is 1.50. The summed E-state index contributed by atoms with van der Waals surface area (Å²) >= 11 is 0. The second-order valence-electron chi connectivity index (χ2n) is 5.59. The van der Waals surface area contributed by atoms with Gasteiger partial charge < -0.3 is 10.1 Å². The van der Waals surface area contributed by atoms with Gasteiger partial charge in [0.25, 0.3) is 5.91 Å². The Balaban J connectivity index is 2.15. The third kappa shape index (κ3) is 3.44. The number of methoxy groups -OCH3 is 1. The molecule has 22 heavy (non-hydrogen) atoms. The summed E-state index contributed by atoms with van der Waals surface area (Å²) in [6, 6.07) is 4.69. The van der Waals surface area contributed by atoms with Crippen LogP contribution in [0.1, 0.15) is 48.5 Å². The highest BCUT2D eigenvalue weighted by molar-refractivity contribution is 6.04. The van der Waals surface area contributed by atoms with Gasteiger partial charge in [-0.25, -0.2) is 0 Å². The molecule has 0 spiro atoms. The largest absolute Gasteiger partial charge is 0.496 e. The van der Waals surface area contributed by atoms with Crippen LogP contribution in [-0.2, 0) is 9.59 Å². The first-order valence-corrected chi connectivity index (χ1v) is 7.25. The summed E-state index contributed by atoms with van der Waals surface area (Å²) in [6.45, 7) is 4.11. The zero-order valence-corrected chi connectivity index (χ0v) is 12.9. The highest BCUT2D eigenvalue weighted by atomic mass is 16.5. The third-order valence-corrected chi connectivity index (χ3v) is 3.68. The monoisotopic (exact) mass is 304 g/mol. The average molecular weight is 304 g/mol. The predicted molar refractivity (Wildman–Crippen MR) is 80.7 cm³/mol. The van der Waals surface area contributed by atoms with Crippen molar-refractivity contribution in [2.45, 2.75) is 38.6 Å². The Hall–Kier alpha value is -2.37. The number of carbonyl (C=O) groups is 3. The number of benzene rings is 1. The molecule has 0 saturated carbocycles. The van der Waals surface area contributed by atoms with Crippen LogP contribution in [0.2, 0.25) is 0 Å². The summed E-state index contributed by atoms with van der Waals surface area (Å²) in [6.07, 6.45) is 0.531. The molecule has 1 saturated heterocycles. The normalized spacial score (nSPS) is 18.1. The lowest BCUT2D eigenvalue weighted by molar-refractivity contribution is -0.134. The minimum atomic E-state index is -0.695. The second-order valence-corrected chi connectivity index (χ2v) is 5.59. The SMILES string of the molecule is COc1cc(C(C)C)ccc1C(=O)NC1CCC(=O)NC1=O. The summed E-state index contributed by atoms with van der Waals surface area (Å²) in [4.78, 5) is 35.1. The van der Waals surface area contributed by atoms with E-state index in [-0.39, 0.29) is 18.2 Å². The number of ether oxygens (including phenoxy) is 1. The fourth-order valence-electron chi connectivity index (χ4n) is 2.32. The van der Waals surface area contributed by atoms with Crippen LogP contribution in [0.4, 0.5) is 0 Å². The number of nitrogens with one attached hydrogen (secondary N) is 2. The molecule has 1 aromatic rings. The Bertz CT molecular complexity index is 610. The van der Waals surface area contributed by atoms with Gasteiger partial charge in [-0.2, -0.15) is 0 Å². The van der Waals surface area contributed by atoms with Gasteiger partial charge in [0.15, 0.2) is 0 Å². The number of carbonyl (C=O) groups excluding carboxylic acids is 3. The third-order valence-electron chi connectivity index (χ3n) is 3.68. The van der Waals surface area contributed by atoms with E-state index in [9.17, 15) is 14.4 Å². The van der Waals surface area contributed by atoms with Gasteiger partial charge in [0.1, 0.15) is 11.8 Å². The molecule has 2 N–H and O–H groups in total. The van der Waals surface area contributed by atoms with Crippen molar-refractivity contribution < 1.29 is 19.1 Å². The van der Waals surface area contributed by atoms with Crippen LogP contribution in [0.3, 0.4) is 0 Å². The predicted octanol–water partition coefficient (Wildman–Crippen LogP) is 1.35. The van der Waals surface area contributed by atoms with Gasteiger partial charge in [0.2, 0.25) is 11.8 Å². The fourth-order valence-corrected chi connectivity index (χ4v) is 2.32. The zero-order chi connectivity index (χ0) is 16.3. The van der Waals surface area contributed by atoms with E-state index in [4.69, 9.17) is 4.74 Å². The van der Waals surface area contributed by atoms with E-state index in [1.807, 2.05) is 12.1 Å². The van der Waals surface area contributed by atoms with Gasteiger partial charge in [-0.15, -0.1) is 0 Å². The van der Waals surface area contributed by atoms with E-state index in [0.29, 0.717) is 23.7 Å². The topological polar surface area (TPSA) is 84.5 Å². The molecule has 0 bridgehead atoms. The summed E-state index contributed by atoms with van der Waals surface area (Å²) < 4.78 is 5.27. The van der Waals surface area contributed by atoms with E-state index in [2.05, 4.69) is 24.5 Å². The maximum Gasteiger partial charge on any atom is 0.255 e. The Kier molecular flexibility index (Phi) is 4.80. The molecular weight excluding hydrogens is 284 g/mol. The second kappa shape index (κ2) is 6.60. The molecule has 6 heteroatoms. The van der Waals surface area contributed by atoms with Gasteiger partial charge in [-0.1, -0.05) is 19.9 Å². The smallest absolute Gasteiger partial charge is 0.255 e. The lowest BCUT2D eigenvalue weighted by Crippen LogP contribution is -2.52. The maximum absolute atomic E-state index is 12.3. The van der Waals surface area contributed by atoms with Crippen molar-refractivity contribution in [3.8, 4) is 5.75 Å². The van der Waals surface area contributed by atoms with E-state index in [1.165, 1.54) is 7.11 Å². The van der Waals surface area contributed by atoms with Gasteiger partial charge >= 0.3 is 0 Å². The highest BCUT2D eigenvalue weighted by Gasteiger charge is 2.28. The Morgan fingerprint density at radius 2 is 2.09 bits per heavy atom. The van der Waals surface area contributed by atoms with Crippen molar-refractivity contribution in [1.29, 1.82) is 0 Å². The highest BCUT2D eigenvalue weighted by Crippen LogP contribution is 2.25. The van der Waals surface area contributed by atoms with Gasteiger partial charge in [-0.3, -0.25) is 19.7 Å². The summed E-state index contributed by atoms with van der Waals surface area (Å²) in [5.41, 5.74) is 1.44. The lowest BCUT2D eigenvalue weighted by atomic mass is 10.00. The number of rotatable bonds is 4. The van der Waals surface area contributed by atoms with Crippen LogP contribution in [0.15, 0.2) is 18.2 Å². The van der Waals surface area contributed by atoms with E-state index in [1.54, 1.807) is 6.07 Å². The van der Waals surface area contributed by atoms with Crippen molar-refractivity contribution in [3.63, 3.8) is 0 Å². The lowest BCUT2D eigenvalue weighted by Gasteiger charge is -2.22. The van der Waals surface area contributed by atoms with E-state index < -0.39 is 11.9 Å². The number of amides is 3. The van der Waals surface area contributed by atoms with Crippen LogP contribution < -0.4 is 15.4 Å². The van der Waals surface area contributed by atoms with Crippen molar-refractivity contribution in [3.05, 3.63) is 29.3 Å². The van der Waals surface area contributed by atoms with Crippen LogP contribution >= 0.6 is 0 Å². The molecule has 1 aliphatic heterocycles. The quantitative estimate of drug-likeness (QED) is 0.822. The molecule has 1 aliphatic rings. The Labute approximate surface area is 129 Å². The minimum Gasteiger partial charge on any atom is -0.496 e. The molecule has 118 valence electrons. The van der Waals surface area contributed by atoms with E-state index >= 15 is 0 Å². The number of hydrogen-bond donors (Lipinski definition) is 2. The van der Waals surface area contributed by atoms with E-state index in [0.717, 1.165) is 5.56 Å². The molecule has 3 amide bonds. The molecule has 6 nitrogen and oxygen atoms in total. The number of piperidine rings is 1. The first-order valence-electron chi connectivity index (χ1n) is 7.25. The van der Waals surface area contributed by atoms with Crippen LogP contribution in [0.25, 0.3) is 0 Å². The molecule has 0 radical (unpaired) electrons. The summed E-state index contributed by atoms with van der Waals surface area (Å²) in [5, 5.41) is 4.86. The molecule has 0 aliphatic carbocycles. The molecule has 1 heterocycles. The first-order chi connectivity index (χ1) is 10.4. The molecule has 1 fully saturated rings. The fraction of sp³-hybridized carbons (Fsp3) is 0.438. The molecule has 0 aromatic heterocycles. The Morgan fingerprint density at radius 1 is 1.36 bits per heavy atom. The number of hydrogen-bond acceptors (Lipinski definition) is 4. The van der Waals surface area contributed by atoms with Gasteiger partial charge in [0.05, 0.1) is 12.7 Å². The van der Waals surface area contributed by atoms with Crippen molar-refractivity contribution in [1.82, 2.24) is 10.6 Å².